The van der Waals surface area contributed by atoms with E-state index in [1.165, 1.54) is 16.6 Å². The molecule has 1 amide bonds. The minimum Gasteiger partial charge on any atom is -0.330 e. The standard InChI is InChI=1S/C28H30N4O4S/c1-19(2)16-23(22-7-5-6-21(17-22)20-9-13-29-14-10-20)28(34)31-15-11-24-27(31)25(33)18-32(24)37(35,36)26-8-3-4-12-30-26/h3-10,12-14,17,19,23-24,27H,11,15-16,18H2,1-2H3. The molecule has 4 heterocycles. The number of likely N-dealkylation sites (tertiary alicyclic amines) is 1. The van der Waals surface area contributed by atoms with Gasteiger partial charge in [0.25, 0.3) is 10.0 Å². The molecular weight excluding hydrogens is 488 g/mol. The van der Waals surface area contributed by atoms with Crippen LogP contribution in [0.15, 0.2) is 78.2 Å². The fourth-order valence-electron chi connectivity index (χ4n) is 5.49. The fourth-order valence-corrected chi connectivity index (χ4v) is 7.05. The molecule has 0 spiro atoms. The monoisotopic (exact) mass is 518 g/mol. The third kappa shape index (κ3) is 4.81. The van der Waals surface area contributed by atoms with Gasteiger partial charge in [0.15, 0.2) is 10.8 Å². The zero-order valence-corrected chi connectivity index (χ0v) is 21.7. The molecule has 0 aliphatic carbocycles. The normalized spacial score (nSPS) is 20.8. The second-order valence-corrected chi connectivity index (χ2v) is 11.9. The number of sulfonamides is 1. The number of hydrogen-bond donors (Lipinski definition) is 0. The van der Waals surface area contributed by atoms with Crippen LogP contribution in [0.25, 0.3) is 11.1 Å². The molecule has 2 fully saturated rings. The summed E-state index contributed by atoms with van der Waals surface area (Å²) in [7, 11) is -3.94. The number of nitrogens with zero attached hydrogens (tertiary/aromatic N) is 4. The topological polar surface area (TPSA) is 101 Å². The van der Waals surface area contributed by atoms with Gasteiger partial charge in [0.2, 0.25) is 5.91 Å². The van der Waals surface area contributed by atoms with E-state index < -0.39 is 28.0 Å². The summed E-state index contributed by atoms with van der Waals surface area (Å²) in [5, 5.41) is -0.0844. The van der Waals surface area contributed by atoms with Crippen molar-refractivity contribution in [3.8, 4) is 11.1 Å². The first-order valence-corrected chi connectivity index (χ1v) is 14.0. The molecule has 2 aliphatic rings. The number of amides is 1. The highest BCUT2D eigenvalue weighted by Crippen LogP contribution is 2.37. The number of rotatable bonds is 7. The number of carbonyl (C=O) groups is 2. The third-order valence-corrected chi connectivity index (χ3v) is 8.97. The van der Waals surface area contributed by atoms with Crippen molar-refractivity contribution in [1.29, 1.82) is 0 Å². The molecule has 192 valence electrons. The van der Waals surface area contributed by atoms with Crippen LogP contribution in [0.5, 0.6) is 0 Å². The van der Waals surface area contributed by atoms with E-state index in [0.717, 1.165) is 16.7 Å². The van der Waals surface area contributed by atoms with Crippen molar-refractivity contribution in [3.63, 3.8) is 0 Å². The summed E-state index contributed by atoms with van der Waals surface area (Å²) < 4.78 is 27.8. The molecule has 2 aliphatic heterocycles. The van der Waals surface area contributed by atoms with Crippen LogP contribution in [0.3, 0.4) is 0 Å². The van der Waals surface area contributed by atoms with E-state index in [0.29, 0.717) is 19.4 Å². The predicted molar refractivity (Wildman–Crippen MR) is 139 cm³/mol. The summed E-state index contributed by atoms with van der Waals surface area (Å²) in [6.45, 7) is 4.24. The maximum absolute atomic E-state index is 14.0. The van der Waals surface area contributed by atoms with Gasteiger partial charge in [0.05, 0.1) is 18.5 Å². The van der Waals surface area contributed by atoms with E-state index in [4.69, 9.17) is 0 Å². The first kappa shape index (κ1) is 25.2. The smallest absolute Gasteiger partial charge is 0.261 e. The molecule has 0 N–H and O–H groups in total. The molecular formula is C28H30N4O4S. The van der Waals surface area contributed by atoms with Crippen molar-refractivity contribution in [2.45, 2.75) is 49.7 Å². The molecule has 37 heavy (non-hydrogen) atoms. The van der Waals surface area contributed by atoms with Crippen LogP contribution >= 0.6 is 0 Å². The first-order valence-electron chi connectivity index (χ1n) is 12.5. The average Bonchev–Trinajstić information content (AvgIpc) is 3.49. The Hall–Kier alpha value is -3.43. The van der Waals surface area contributed by atoms with Gasteiger partial charge in [-0.05, 0) is 59.7 Å². The second kappa shape index (κ2) is 10.1. The lowest BCUT2D eigenvalue weighted by molar-refractivity contribution is -0.138. The number of Topliss-reactive ketones (excluding diaryl/α,β-unsaturated/α-hetero) is 1. The van der Waals surface area contributed by atoms with Crippen molar-refractivity contribution in [2.75, 3.05) is 13.1 Å². The van der Waals surface area contributed by atoms with Crippen LogP contribution in [-0.2, 0) is 19.6 Å². The molecule has 3 aromatic rings. The Kier molecular flexibility index (Phi) is 6.92. The van der Waals surface area contributed by atoms with Crippen molar-refractivity contribution in [3.05, 3.63) is 78.8 Å². The van der Waals surface area contributed by atoms with Gasteiger partial charge in [0.1, 0.15) is 6.04 Å². The van der Waals surface area contributed by atoms with Gasteiger partial charge >= 0.3 is 0 Å². The number of benzene rings is 1. The molecule has 5 rings (SSSR count). The van der Waals surface area contributed by atoms with Crippen LogP contribution in [-0.4, -0.2) is 64.5 Å². The van der Waals surface area contributed by atoms with Crippen molar-refractivity contribution in [1.82, 2.24) is 19.2 Å². The highest BCUT2D eigenvalue weighted by atomic mass is 32.2. The predicted octanol–water partition coefficient (Wildman–Crippen LogP) is 3.52. The summed E-state index contributed by atoms with van der Waals surface area (Å²) in [4.78, 5) is 36.9. The summed E-state index contributed by atoms with van der Waals surface area (Å²) >= 11 is 0. The zero-order chi connectivity index (χ0) is 26.2. The van der Waals surface area contributed by atoms with E-state index in [9.17, 15) is 18.0 Å². The lowest BCUT2D eigenvalue weighted by atomic mass is 9.87. The van der Waals surface area contributed by atoms with Crippen LogP contribution in [0.2, 0.25) is 0 Å². The Morgan fingerprint density at radius 2 is 1.81 bits per heavy atom. The lowest BCUT2D eigenvalue weighted by Crippen LogP contribution is -2.45. The van der Waals surface area contributed by atoms with Crippen LogP contribution in [0.1, 0.15) is 38.2 Å². The third-order valence-electron chi connectivity index (χ3n) is 7.18. The number of carbonyl (C=O) groups excluding carboxylic acids is 2. The minimum atomic E-state index is -3.94. The second-order valence-electron chi connectivity index (χ2n) is 10.1. The zero-order valence-electron chi connectivity index (χ0n) is 20.9. The molecule has 2 saturated heterocycles. The lowest BCUT2D eigenvalue weighted by Gasteiger charge is -2.29. The van der Waals surface area contributed by atoms with Crippen LogP contribution in [0, 0.1) is 5.92 Å². The van der Waals surface area contributed by atoms with Crippen molar-refractivity contribution >= 4 is 21.7 Å². The summed E-state index contributed by atoms with van der Waals surface area (Å²) in [5.41, 5.74) is 2.89. The van der Waals surface area contributed by atoms with E-state index in [-0.39, 0.29) is 29.2 Å². The van der Waals surface area contributed by atoms with E-state index in [2.05, 4.69) is 23.8 Å². The number of aromatic nitrogens is 2. The largest absolute Gasteiger partial charge is 0.330 e. The SMILES string of the molecule is CC(C)CC(C(=O)N1CCC2C1C(=O)CN2S(=O)(=O)c1ccccn1)c1cccc(-c2ccncc2)c1. The quantitative estimate of drug-likeness (QED) is 0.475. The van der Waals surface area contributed by atoms with Crippen molar-refractivity contribution < 1.29 is 18.0 Å². The molecule has 3 unspecified atom stereocenters. The molecule has 0 radical (unpaired) electrons. The molecule has 0 bridgehead atoms. The van der Waals surface area contributed by atoms with Gasteiger partial charge in [-0.2, -0.15) is 4.31 Å². The molecule has 0 saturated carbocycles. The molecule has 1 aromatic carbocycles. The van der Waals surface area contributed by atoms with Crippen molar-refractivity contribution in [2.24, 2.45) is 5.92 Å². The number of ketones is 1. The Morgan fingerprint density at radius 3 is 2.51 bits per heavy atom. The molecule has 3 atom stereocenters. The van der Waals surface area contributed by atoms with E-state index in [1.807, 2.05) is 36.4 Å². The Morgan fingerprint density at radius 1 is 1.03 bits per heavy atom. The van der Waals surface area contributed by atoms with Gasteiger partial charge < -0.3 is 4.90 Å². The summed E-state index contributed by atoms with van der Waals surface area (Å²) in [6, 6.07) is 15.1. The maximum Gasteiger partial charge on any atom is 0.261 e. The first-order chi connectivity index (χ1) is 17.8. The summed E-state index contributed by atoms with van der Waals surface area (Å²) in [5.74, 6) is -0.560. The van der Waals surface area contributed by atoms with E-state index in [1.54, 1.807) is 29.4 Å². The molecule has 2 aromatic heterocycles. The van der Waals surface area contributed by atoms with Gasteiger partial charge in [-0.15, -0.1) is 0 Å². The maximum atomic E-state index is 14.0. The fraction of sp³-hybridized carbons (Fsp3) is 0.357. The van der Waals surface area contributed by atoms with E-state index >= 15 is 0 Å². The number of hydrogen-bond acceptors (Lipinski definition) is 6. The van der Waals surface area contributed by atoms with Gasteiger partial charge in [-0.25, -0.2) is 13.4 Å². The van der Waals surface area contributed by atoms with Crippen LogP contribution in [0.4, 0.5) is 0 Å². The minimum absolute atomic E-state index is 0.0844. The Balaban J connectivity index is 1.44. The number of pyridine rings is 2. The van der Waals surface area contributed by atoms with Gasteiger partial charge in [-0.3, -0.25) is 14.6 Å². The number of fused-ring (bicyclic) bond motifs is 1. The van der Waals surface area contributed by atoms with Gasteiger partial charge in [0, 0.05) is 25.1 Å². The van der Waals surface area contributed by atoms with Gasteiger partial charge in [-0.1, -0.05) is 44.2 Å². The van der Waals surface area contributed by atoms with Crippen LogP contribution < -0.4 is 0 Å². The highest BCUT2D eigenvalue weighted by Gasteiger charge is 2.54. The Labute approximate surface area is 217 Å². The average molecular weight is 519 g/mol. The Bertz CT molecular complexity index is 1400. The summed E-state index contributed by atoms with van der Waals surface area (Å²) in [6.07, 6.45) is 5.93. The highest BCUT2D eigenvalue weighted by molar-refractivity contribution is 7.89. The molecule has 8 nitrogen and oxygen atoms in total. The molecule has 9 heteroatoms.